The SMILES string of the molecule is COc1ccc(Cl)cc1C(=O)N[C@H](C)c1ccc(Cl)cc1. The first-order valence-corrected chi connectivity index (χ1v) is 7.16. The highest BCUT2D eigenvalue weighted by Crippen LogP contribution is 2.24. The van der Waals surface area contributed by atoms with Crippen molar-refractivity contribution < 1.29 is 9.53 Å². The monoisotopic (exact) mass is 323 g/mol. The van der Waals surface area contributed by atoms with Gasteiger partial charge in [-0.2, -0.15) is 0 Å². The number of carbonyl (C=O) groups is 1. The largest absolute Gasteiger partial charge is 0.496 e. The number of carbonyl (C=O) groups excluding carboxylic acids is 1. The minimum absolute atomic E-state index is 0.154. The van der Waals surface area contributed by atoms with Crippen LogP contribution >= 0.6 is 23.2 Å². The fraction of sp³-hybridized carbons (Fsp3) is 0.188. The van der Waals surface area contributed by atoms with Gasteiger partial charge in [-0.25, -0.2) is 0 Å². The van der Waals surface area contributed by atoms with Gasteiger partial charge in [-0.3, -0.25) is 4.79 Å². The van der Waals surface area contributed by atoms with E-state index in [0.29, 0.717) is 21.4 Å². The molecule has 0 aliphatic heterocycles. The molecule has 0 spiro atoms. The minimum Gasteiger partial charge on any atom is -0.496 e. The molecule has 0 aliphatic rings. The van der Waals surface area contributed by atoms with Crippen LogP contribution in [0.25, 0.3) is 0 Å². The summed E-state index contributed by atoms with van der Waals surface area (Å²) in [5.41, 5.74) is 1.37. The standard InChI is InChI=1S/C16H15Cl2NO2/c1-10(11-3-5-12(17)6-4-11)19-16(20)14-9-13(18)7-8-15(14)21-2/h3-10H,1-2H3,(H,19,20)/t10-/m1/s1. The molecular weight excluding hydrogens is 309 g/mol. The number of halogens is 2. The van der Waals surface area contributed by atoms with Crippen LogP contribution in [0.15, 0.2) is 42.5 Å². The number of amides is 1. The second kappa shape index (κ2) is 6.83. The zero-order chi connectivity index (χ0) is 15.4. The van der Waals surface area contributed by atoms with Crippen LogP contribution in [0.2, 0.25) is 10.0 Å². The van der Waals surface area contributed by atoms with Gasteiger partial charge in [0.25, 0.3) is 5.91 Å². The molecule has 2 rings (SSSR count). The van der Waals surface area contributed by atoms with Gasteiger partial charge in [0.1, 0.15) is 5.75 Å². The first-order chi connectivity index (χ1) is 10.0. The molecule has 0 radical (unpaired) electrons. The van der Waals surface area contributed by atoms with E-state index in [1.54, 1.807) is 30.3 Å². The molecule has 0 aliphatic carbocycles. The maximum absolute atomic E-state index is 12.4. The van der Waals surface area contributed by atoms with Gasteiger partial charge in [0.15, 0.2) is 0 Å². The molecule has 1 N–H and O–H groups in total. The minimum atomic E-state index is -0.239. The molecule has 0 unspecified atom stereocenters. The van der Waals surface area contributed by atoms with Crippen LogP contribution in [0.1, 0.15) is 28.9 Å². The van der Waals surface area contributed by atoms with Crippen molar-refractivity contribution >= 4 is 29.1 Å². The number of ether oxygens (including phenoxy) is 1. The maximum Gasteiger partial charge on any atom is 0.255 e. The third-order valence-electron chi connectivity index (χ3n) is 3.12. The summed E-state index contributed by atoms with van der Waals surface area (Å²) in [4.78, 5) is 12.4. The third-order valence-corrected chi connectivity index (χ3v) is 3.61. The summed E-state index contributed by atoms with van der Waals surface area (Å²) in [5.74, 6) is 0.247. The Kier molecular flexibility index (Phi) is 5.10. The molecule has 0 saturated carbocycles. The summed E-state index contributed by atoms with van der Waals surface area (Å²) < 4.78 is 5.19. The van der Waals surface area contributed by atoms with Crippen molar-refractivity contribution in [2.24, 2.45) is 0 Å². The van der Waals surface area contributed by atoms with Crippen LogP contribution in [-0.2, 0) is 0 Å². The van der Waals surface area contributed by atoms with E-state index in [-0.39, 0.29) is 11.9 Å². The summed E-state index contributed by atoms with van der Waals surface area (Å²) in [6.07, 6.45) is 0. The van der Waals surface area contributed by atoms with Crippen LogP contribution in [0.3, 0.4) is 0 Å². The highest BCUT2D eigenvalue weighted by atomic mass is 35.5. The smallest absolute Gasteiger partial charge is 0.255 e. The predicted octanol–water partition coefficient (Wildman–Crippen LogP) is 4.49. The van der Waals surface area contributed by atoms with Gasteiger partial charge in [-0.1, -0.05) is 35.3 Å². The third kappa shape index (κ3) is 3.90. The lowest BCUT2D eigenvalue weighted by atomic mass is 10.1. The average molecular weight is 324 g/mol. The Bertz CT molecular complexity index is 641. The lowest BCUT2D eigenvalue weighted by molar-refractivity contribution is 0.0937. The number of hydrogen-bond donors (Lipinski definition) is 1. The molecule has 5 heteroatoms. The molecule has 0 aromatic heterocycles. The first kappa shape index (κ1) is 15.7. The first-order valence-electron chi connectivity index (χ1n) is 6.41. The Balaban J connectivity index is 2.17. The van der Waals surface area contributed by atoms with Gasteiger partial charge in [0, 0.05) is 10.0 Å². The van der Waals surface area contributed by atoms with Crippen LogP contribution < -0.4 is 10.1 Å². The molecule has 0 saturated heterocycles. The molecule has 2 aromatic carbocycles. The molecule has 3 nitrogen and oxygen atoms in total. The van der Waals surface area contributed by atoms with E-state index in [4.69, 9.17) is 27.9 Å². The van der Waals surface area contributed by atoms with Crippen molar-refractivity contribution in [3.05, 3.63) is 63.6 Å². The fourth-order valence-electron chi connectivity index (χ4n) is 1.97. The summed E-state index contributed by atoms with van der Waals surface area (Å²) >= 11 is 11.8. The summed E-state index contributed by atoms with van der Waals surface area (Å²) in [7, 11) is 1.52. The molecule has 0 fully saturated rings. The maximum atomic E-state index is 12.4. The molecule has 0 heterocycles. The molecule has 1 amide bonds. The van der Waals surface area contributed by atoms with E-state index >= 15 is 0 Å². The van der Waals surface area contributed by atoms with E-state index in [1.807, 2.05) is 19.1 Å². The molecule has 2 aromatic rings. The van der Waals surface area contributed by atoms with E-state index in [2.05, 4.69) is 5.32 Å². The van der Waals surface area contributed by atoms with Gasteiger partial charge in [-0.15, -0.1) is 0 Å². The fourth-order valence-corrected chi connectivity index (χ4v) is 2.26. The van der Waals surface area contributed by atoms with Crippen LogP contribution in [0.4, 0.5) is 0 Å². The van der Waals surface area contributed by atoms with Crippen molar-refractivity contribution in [2.75, 3.05) is 7.11 Å². The Morgan fingerprint density at radius 2 is 1.71 bits per heavy atom. The van der Waals surface area contributed by atoms with Crippen molar-refractivity contribution in [3.8, 4) is 5.75 Å². The van der Waals surface area contributed by atoms with Crippen molar-refractivity contribution in [1.29, 1.82) is 0 Å². The second-order valence-electron chi connectivity index (χ2n) is 4.59. The molecule has 0 bridgehead atoms. The lowest BCUT2D eigenvalue weighted by Crippen LogP contribution is -2.27. The van der Waals surface area contributed by atoms with Gasteiger partial charge < -0.3 is 10.1 Å². The molecule has 1 atom stereocenters. The lowest BCUT2D eigenvalue weighted by Gasteiger charge is -2.16. The quantitative estimate of drug-likeness (QED) is 0.900. The predicted molar refractivity (Wildman–Crippen MR) is 85.3 cm³/mol. The average Bonchev–Trinajstić information content (AvgIpc) is 2.47. The van der Waals surface area contributed by atoms with Gasteiger partial charge in [0.2, 0.25) is 0 Å². The topological polar surface area (TPSA) is 38.3 Å². The van der Waals surface area contributed by atoms with Crippen molar-refractivity contribution in [3.63, 3.8) is 0 Å². The van der Waals surface area contributed by atoms with E-state index in [0.717, 1.165) is 5.56 Å². The van der Waals surface area contributed by atoms with Gasteiger partial charge >= 0.3 is 0 Å². The van der Waals surface area contributed by atoms with Gasteiger partial charge in [-0.05, 0) is 42.8 Å². The van der Waals surface area contributed by atoms with Crippen LogP contribution in [0, 0.1) is 0 Å². The number of benzene rings is 2. The highest BCUT2D eigenvalue weighted by molar-refractivity contribution is 6.31. The van der Waals surface area contributed by atoms with Crippen LogP contribution in [0.5, 0.6) is 5.75 Å². The molecule has 110 valence electrons. The number of nitrogens with one attached hydrogen (secondary N) is 1. The van der Waals surface area contributed by atoms with Crippen LogP contribution in [-0.4, -0.2) is 13.0 Å². The molecular formula is C16H15Cl2NO2. The molecule has 21 heavy (non-hydrogen) atoms. The summed E-state index contributed by atoms with van der Waals surface area (Å²) in [6.45, 7) is 1.90. The summed E-state index contributed by atoms with van der Waals surface area (Å²) in [5, 5.41) is 4.06. The number of hydrogen-bond acceptors (Lipinski definition) is 2. The van der Waals surface area contributed by atoms with E-state index in [1.165, 1.54) is 7.11 Å². The Morgan fingerprint density at radius 1 is 1.10 bits per heavy atom. The Labute approximate surface area is 133 Å². The van der Waals surface area contributed by atoms with Crippen molar-refractivity contribution in [1.82, 2.24) is 5.32 Å². The van der Waals surface area contributed by atoms with E-state index in [9.17, 15) is 4.79 Å². The zero-order valence-corrected chi connectivity index (χ0v) is 13.2. The van der Waals surface area contributed by atoms with Crippen molar-refractivity contribution in [2.45, 2.75) is 13.0 Å². The summed E-state index contributed by atoms with van der Waals surface area (Å²) in [6, 6.07) is 12.1. The Morgan fingerprint density at radius 3 is 2.33 bits per heavy atom. The van der Waals surface area contributed by atoms with E-state index < -0.39 is 0 Å². The normalized spacial score (nSPS) is 11.8. The highest BCUT2D eigenvalue weighted by Gasteiger charge is 2.16. The van der Waals surface area contributed by atoms with Gasteiger partial charge in [0.05, 0.1) is 18.7 Å². The number of rotatable bonds is 4. The second-order valence-corrected chi connectivity index (χ2v) is 5.46. The number of methoxy groups -OCH3 is 1. The zero-order valence-electron chi connectivity index (χ0n) is 11.7. The Hall–Kier alpha value is -1.71.